The first-order valence-corrected chi connectivity index (χ1v) is 4.81. The van der Waals surface area contributed by atoms with Crippen LogP contribution in [0, 0.1) is 5.82 Å². The number of aromatic hydroxyl groups is 1. The number of rotatable bonds is 3. The molecule has 0 spiro atoms. The highest BCUT2D eigenvalue weighted by Gasteiger charge is 2.43. The number of phenols is 1. The maximum absolute atomic E-state index is 13.0. The van der Waals surface area contributed by atoms with E-state index < -0.39 is 0 Å². The van der Waals surface area contributed by atoms with E-state index in [1.165, 1.54) is 6.07 Å². The molecule has 0 amide bonds. The first-order chi connectivity index (χ1) is 6.66. The molecule has 1 aromatic carbocycles. The van der Waals surface area contributed by atoms with Crippen molar-refractivity contribution in [2.24, 2.45) is 0 Å². The van der Waals surface area contributed by atoms with Gasteiger partial charge in [0.1, 0.15) is 11.6 Å². The second kappa shape index (κ2) is 3.24. The predicted octanol–water partition coefficient (Wildman–Crippen LogP) is 1.78. The van der Waals surface area contributed by atoms with Crippen molar-refractivity contribution in [3.8, 4) is 5.75 Å². The Labute approximate surface area is 82.8 Å². The molecule has 0 saturated heterocycles. The van der Waals surface area contributed by atoms with Crippen molar-refractivity contribution in [2.75, 3.05) is 13.6 Å². The normalized spacial score (nSPS) is 18.1. The number of phenolic OH excluding ortho intramolecular Hbond substituents is 1. The zero-order chi connectivity index (χ0) is 10.2. The summed E-state index contributed by atoms with van der Waals surface area (Å²) in [5, 5.41) is 12.4. The van der Waals surface area contributed by atoms with Crippen LogP contribution in [0.4, 0.5) is 4.39 Å². The van der Waals surface area contributed by atoms with Crippen molar-refractivity contribution < 1.29 is 9.50 Å². The topological polar surface area (TPSA) is 32.3 Å². The van der Waals surface area contributed by atoms with Crippen LogP contribution in [0.25, 0.3) is 0 Å². The molecule has 0 unspecified atom stereocenters. The van der Waals surface area contributed by atoms with E-state index in [9.17, 15) is 9.50 Å². The number of hydrogen-bond acceptors (Lipinski definition) is 2. The van der Waals surface area contributed by atoms with Crippen molar-refractivity contribution in [3.63, 3.8) is 0 Å². The Morgan fingerprint density at radius 1 is 1.43 bits per heavy atom. The summed E-state index contributed by atoms with van der Waals surface area (Å²) in [7, 11) is 1.89. The Kier molecular flexibility index (Phi) is 2.19. The van der Waals surface area contributed by atoms with Gasteiger partial charge in [0.05, 0.1) is 0 Å². The monoisotopic (exact) mass is 195 g/mol. The lowest BCUT2D eigenvalue weighted by atomic mass is 9.95. The first kappa shape index (κ1) is 9.46. The number of halogens is 1. The van der Waals surface area contributed by atoms with Gasteiger partial charge in [-0.2, -0.15) is 0 Å². The molecule has 2 rings (SSSR count). The van der Waals surface area contributed by atoms with Crippen molar-refractivity contribution in [2.45, 2.75) is 18.3 Å². The van der Waals surface area contributed by atoms with Gasteiger partial charge in [0.2, 0.25) is 0 Å². The Balaban J connectivity index is 2.32. The molecule has 0 heterocycles. The molecular formula is C11H14FNO. The summed E-state index contributed by atoms with van der Waals surface area (Å²) in [6.07, 6.45) is 2.13. The fraction of sp³-hybridized carbons (Fsp3) is 0.455. The molecule has 0 atom stereocenters. The average Bonchev–Trinajstić information content (AvgIpc) is 2.84. The molecule has 1 aliphatic carbocycles. The molecule has 0 aliphatic heterocycles. The molecule has 1 fully saturated rings. The van der Waals surface area contributed by atoms with Crippen LogP contribution < -0.4 is 5.32 Å². The molecule has 2 N–H and O–H groups in total. The van der Waals surface area contributed by atoms with E-state index in [1.807, 2.05) is 7.05 Å². The predicted molar refractivity (Wildman–Crippen MR) is 52.9 cm³/mol. The van der Waals surface area contributed by atoms with E-state index in [2.05, 4.69) is 5.32 Å². The van der Waals surface area contributed by atoms with Crippen LogP contribution in [-0.4, -0.2) is 18.7 Å². The summed E-state index contributed by atoms with van der Waals surface area (Å²) in [6, 6.07) is 4.32. The number of benzene rings is 1. The van der Waals surface area contributed by atoms with Gasteiger partial charge in [-0.3, -0.25) is 0 Å². The lowest BCUT2D eigenvalue weighted by molar-refractivity contribution is 0.465. The molecule has 76 valence electrons. The summed E-state index contributed by atoms with van der Waals surface area (Å²) in [6.45, 7) is 0.843. The van der Waals surface area contributed by atoms with E-state index >= 15 is 0 Å². The van der Waals surface area contributed by atoms with Gasteiger partial charge in [-0.05, 0) is 37.6 Å². The van der Waals surface area contributed by atoms with E-state index in [-0.39, 0.29) is 17.0 Å². The molecule has 0 aromatic heterocycles. The smallest absolute Gasteiger partial charge is 0.127 e. The van der Waals surface area contributed by atoms with Gasteiger partial charge in [-0.25, -0.2) is 4.39 Å². The third kappa shape index (κ3) is 1.60. The van der Waals surface area contributed by atoms with Gasteiger partial charge in [-0.1, -0.05) is 0 Å². The van der Waals surface area contributed by atoms with Gasteiger partial charge in [-0.15, -0.1) is 0 Å². The number of likely N-dealkylation sites (N-methyl/N-ethyl adjacent to an activating group) is 1. The summed E-state index contributed by atoms with van der Waals surface area (Å²) in [5.41, 5.74) is 0.971. The summed E-state index contributed by atoms with van der Waals surface area (Å²) in [4.78, 5) is 0. The SMILES string of the molecule is CNCC1(c2cc(O)cc(F)c2)CC1. The number of hydrogen-bond donors (Lipinski definition) is 2. The van der Waals surface area contributed by atoms with Crippen LogP contribution >= 0.6 is 0 Å². The fourth-order valence-corrected chi connectivity index (χ4v) is 1.94. The fourth-order valence-electron chi connectivity index (χ4n) is 1.94. The molecule has 3 heteroatoms. The van der Waals surface area contributed by atoms with Crippen molar-refractivity contribution in [1.82, 2.24) is 5.32 Å². The van der Waals surface area contributed by atoms with E-state index in [1.54, 1.807) is 6.07 Å². The molecule has 1 aliphatic rings. The van der Waals surface area contributed by atoms with Crippen molar-refractivity contribution in [1.29, 1.82) is 0 Å². The van der Waals surface area contributed by atoms with Gasteiger partial charge in [0, 0.05) is 18.0 Å². The van der Waals surface area contributed by atoms with Crippen LogP contribution in [0.15, 0.2) is 18.2 Å². The van der Waals surface area contributed by atoms with E-state index in [4.69, 9.17) is 0 Å². The maximum Gasteiger partial charge on any atom is 0.127 e. The van der Waals surface area contributed by atoms with Crippen molar-refractivity contribution in [3.05, 3.63) is 29.6 Å². The van der Waals surface area contributed by atoms with E-state index in [0.717, 1.165) is 31.0 Å². The molecule has 0 radical (unpaired) electrons. The Bertz CT molecular complexity index is 327. The molecular weight excluding hydrogens is 181 g/mol. The van der Waals surface area contributed by atoms with Gasteiger partial charge < -0.3 is 10.4 Å². The quantitative estimate of drug-likeness (QED) is 0.770. The van der Waals surface area contributed by atoms with Crippen LogP contribution in [0.2, 0.25) is 0 Å². The third-order valence-electron chi connectivity index (χ3n) is 2.86. The molecule has 2 nitrogen and oxygen atoms in total. The summed E-state index contributed by atoms with van der Waals surface area (Å²) >= 11 is 0. The highest BCUT2D eigenvalue weighted by Crippen LogP contribution is 2.48. The standard InChI is InChI=1S/C11H14FNO/c1-13-7-11(2-3-11)8-4-9(12)6-10(14)5-8/h4-6,13-14H,2-3,7H2,1H3. The van der Waals surface area contributed by atoms with Crippen LogP contribution in [0.3, 0.4) is 0 Å². The maximum atomic E-state index is 13.0. The average molecular weight is 195 g/mol. The van der Waals surface area contributed by atoms with Crippen LogP contribution in [0.1, 0.15) is 18.4 Å². The van der Waals surface area contributed by atoms with Gasteiger partial charge in [0.25, 0.3) is 0 Å². The molecule has 1 aromatic rings. The highest BCUT2D eigenvalue weighted by atomic mass is 19.1. The zero-order valence-corrected chi connectivity index (χ0v) is 8.18. The second-order valence-corrected chi connectivity index (χ2v) is 4.01. The second-order valence-electron chi connectivity index (χ2n) is 4.01. The lowest BCUT2D eigenvalue weighted by Gasteiger charge is -2.15. The van der Waals surface area contributed by atoms with Crippen LogP contribution in [-0.2, 0) is 5.41 Å². The summed E-state index contributed by atoms with van der Waals surface area (Å²) in [5.74, 6) is -0.343. The Morgan fingerprint density at radius 2 is 2.14 bits per heavy atom. The molecule has 0 bridgehead atoms. The minimum atomic E-state index is -0.359. The highest BCUT2D eigenvalue weighted by molar-refractivity contribution is 5.37. The minimum Gasteiger partial charge on any atom is -0.508 e. The Hall–Kier alpha value is -1.09. The van der Waals surface area contributed by atoms with Gasteiger partial charge in [0.15, 0.2) is 0 Å². The molecule has 1 saturated carbocycles. The zero-order valence-electron chi connectivity index (χ0n) is 8.18. The Morgan fingerprint density at radius 3 is 2.64 bits per heavy atom. The first-order valence-electron chi connectivity index (χ1n) is 4.81. The number of nitrogens with one attached hydrogen (secondary N) is 1. The summed E-state index contributed by atoms with van der Waals surface area (Å²) < 4.78 is 13.0. The third-order valence-corrected chi connectivity index (χ3v) is 2.86. The van der Waals surface area contributed by atoms with Crippen LogP contribution in [0.5, 0.6) is 5.75 Å². The molecule has 14 heavy (non-hydrogen) atoms. The minimum absolute atomic E-state index is 0.0161. The van der Waals surface area contributed by atoms with Crippen molar-refractivity contribution >= 4 is 0 Å². The largest absolute Gasteiger partial charge is 0.508 e. The lowest BCUT2D eigenvalue weighted by Crippen LogP contribution is -2.23. The van der Waals surface area contributed by atoms with Gasteiger partial charge >= 0.3 is 0 Å². The van der Waals surface area contributed by atoms with E-state index in [0.29, 0.717) is 0 Å².